The van der Waals surface area contributed by atoms with Crippen LogP contribution < -0.4 is 5.30 Å². The molecule has 64 valence electrons. The summed E-state index contributed by atoms with van der Waals surface area (Å²) in [6, 6.07) is 8.53. The Morgan fingerprint density at radius 2 is 1.67 bits per heavy atom. The standard InChI is InChI=1S/C6H5O2P.HO2P/c7-9(8)6-4-2-1-3-5-6;1-3-2/h1-5H;3H/p+2. The van der Waals surface area contributed by atoms with Crippen molar-refractivity contribution in [1.82, 2.24) is 0 Å². The molecule has 4 nitrogen and oxygen atoms in total. The van der Waals surface area contributed by atoms with Gasteiger partial charge in [-0.05, 0) is 21.3 Å². The molecule has 0 aliphatic carbocycles. The van der Waals surface area contributed by atoms with Crippen molar-refractivity contribution in [2.24, 2.45) is 0 Å². The van der Waals surface area contributed by atoms with Gasteiger partial charge in [0.15, 0.2) is 0 Å². The van der Waals surface area contributed by atoms with Crippen LogP contribution in [0.2, 0.25) is 0 Å². The van der Waals surface area contributed by atoms with Gasteiger partial charge in [-0.2, -0.15) is 9.79 Å². The predicted octanol–water partition coefficient (Wildman–Crippen LogP) is 0.964. The van der Waals surface area contributed by atoms with Gasteiger partial charge < -0.3 is 0 Å². The van der Waals surface area contributed by atoms with Crippen molar-refractivity contribution < 1.29 is 18.9 Å². The average molecular weight is 206 g/mol. The first-order chi connectivity index (χ1) is 5.72. The highest BCUT2D eigenvalue weighted by Gasteiger charge is 2.12. The quantitative estimate of drug-likeness (QED) is 0.671. The molecule has 1 aromatic rings. The second kappa shape index (κ2) is 7.01. The van der Waals surface area contributed by atoms with Crippen molar-refractivity contribution in [2.75, 3.05) is 0 Å². The van der Waals surface area contributed by atoms with Crippen LogP contribution in [0.25, 0.3) is 0 Å². The molecule has 1 rings (SSSR count). The summed E-state index contributed by atoms with van der Waals surface area (Å²) in [6.07, 6.45) is 0. The third kappa shape index (κ3) is 5.05. The Morgan fingerprint density at radius 1 is 1.25 bits per heavy atom. The molecule has 12 heavy (non-hydrogen) atoms. The topological polar surface area (TPSA) is 74.6 Å². The van der Waals surface area contributed by atoms with Crippen LogP contribution in [-0.2, 0) is 9.13 Å². The molecule has 0 spiro atoms. The zero-order valence-corrected chi connectivity index (χ0v) is 7.94. The van der Waals surface area contributed by atoms with Crippen LogP contribution >= 0.6 is 16.7 Å². The van der Waals surface area contributed by atoms with Crippen molar-refractivity contribution in [2.45, 2.75) is 0 Å². The van der Waals surface area contributed by atoms with Crippen LogP contribution in [-0.4, -0.2) is 9.79 Å². The summed E-state index contributed by atoms with van der Waals surface area (Å²) in [5, 5.41) is 0.479. The largest absolute Gasteiger partial charge is 0.546 e. The van der Waals surface area contributed by atoms with E-state index in [2.05, 4.69) is 0 Å². The third-order valence-corrected chi connectivity index (χ3v) is 1.72. The summed E-state index contributed by atoms with van der Waals surface area (Å²) in [4.78, 5) is 15.6. The smallest absolute Gasteiger partial charge is 0.162 e. The minimum absolute atomic E-state index is 0.479. The lowest BCUT2D eigenvalue weighted by molar-refractivity contribution is 0.513. The fourth-order valence-corrected chi connectivity index (χ4v) is 0.983. The first kappa shape index (κ1) is 11.3. The Morgan fingerprint density at radius 3 is 1.92 bits per heavy atom. The predicted molar refractivity (Wildman–Crippen MR) is 47.1 cm³/mol. The van der Waals surface area contributed by atoms with Crippen molar-refractivity contribution in [3.63, 3.8) is 0 Å². The van der Waals surface area contributed by atoms with E-state index in [0.29, 0.717) is 5.30 Å². The monoisotopic (exact) mass is 206 g/mol. The summed E-state index contributed by atoms with van der Waals surface area (Å²) in [5.41, 5.74) is 0. The highest BCUT2D eigenvalue weighted by atomic mass is 31.1. The molecule has 0 heterocycles. The molecule has 0 aliphatic rings. The van der Waals surface area contributed by atoms with E-state index < -0.39 is 16.7 Å². The van der Waals surface area contributed by atoms with Gasteiger partial charge in [-0.3, -0.25) is 0 Å². The van der Waals surface area contributed by atoms with Crippen molar-refractivity contribution in [3.05, 3.63) is 30.3 Å². The van der Waals surface area contributed by atoms with Gasteiger partial charge in [0.1, 0.15) is 0 Å². The maximum absolute atomic E-state index is 10.3. The maximum Gasteiger partial charge on any atom is 0.546 e. The van der Waals surface area contributed by atoms with Gasteiger partial charge in [0.2, 0.25) is 5.30 Å². The number of hydrogen-bond donors (Lipinski definition) is 2. The minimum Gasteiger partial charge on any atom is -0.162 e. The zero-order valence-electron chi connectivity index (χ0n) is 6.04. The van der Waals surface area contributed by atoms with Crippen LogP contribution in [0, 0.1) is 0 Å². The summed E-state index contributed by atoms with van der Waals surface area (Å²) in [5.74, 6) is 0. The number of rotatable bonds is 1. The Bertz CT molecular complexity index is 249. The van der Waals surface area contributed by atoms with Crippen LogP contribution in [0.3, 0.4) is 0 Å². The normalized spacial score (nSPS) is 10.0. The molecule has 0 amide bonds. The summed E-state index contributed by atoms with van der Waals surface area (Å²) in [6.45, 7) is 0. The molecular weight excluding hydrogens is 198 g/mol. The Kier molecular flexibility index (Phi) is 6.63. The van der Waals surface area contributed by atoms with Gasteiger partial charge in [0.05, 0.1) is 0 Å². The number of hydrogen-bond acceptors (Lipinski definition) is 2. The Hall–Kier alpha value is -0.660. The van der Waals surface area contributed by atoms with E-state index in [-0.39, 0.29) is 0 Å². The van der Waals surface area contributed by atoms with Gasteiger partial charge >= 0.3 is 16.7 Å². The van der Waals surface area contributed by atoms with E-state index in [1.54, 1.807) is 24.3 Å². The first-order valence-electron chi connectivity index (χ1n) is 2.94. The second-order valence-electron chi connectivity index (χ2n) is 1.70. The molecule has 2 unspecified atom stereocenters. The lowest BCUT2D eigenvalue weighted by Crippen LogP contribution is -1.91. The SMILES string of the molecule is O=[P+](O)c1ccccc1.O=[PH+]O. The molecule has 0 bridgehead atoms. The van der Waals surface area contributed by atoms with Crippen molar-refractivity contribution >= 4 is 22.0 Å². The van der Waals surface area contributed by atoms with Crippen LogP contribution in [0.15, 0.2) is 30.3 Å². The zero-order chi connectivity index (χ0) is 9.40. The van der Waals surface area contributed by atoms with E-state index in [0.717, 1.165) is 0 Å². The molecular formula is C6H8O4P2+2. The first-order valence-corrected chi connectivity index (χ1v) is 5.01. The fraction of sp³-hybridized carbons (Fsp3) is 0. The van der Waals surface area contributed by atoms with Crippen LogP contribution in [0.5, 0.6) is 0 Å². The van der Waals surface area contributed by atoms with E-state index in [1.807, 2.05) is 6.07 Å². The highest BCUT2D eigenvalue weighted by Crippen LogP contribution is 2.10. The van der Waals surface area contributed by atoms with Gasteiger partial charge in [0, 0.05) is 0 Å². The molecule has 0 saturated heterocycles. The van der Waals surface area contributed by atoms with E-state index in [1.165, 1.54) is 0 Å². The highest BCUT2D eigenvalue weighted by molar-refractivity contribution is 7.47. The van der Waals surface area contributed by atoms with Gasteiger partial charge in [-0.25, -0.2) is 0 Å². The summed E-state index contributed by atoms with van der Waals surface area (Å²) in [7, 11) is -3.31. The molecule has 2 atom stereocenters. The molecule has 0 saturated carbocycles. The summed E-state index contributed by atoms with van der Waals surface area (Å²) >= 11 is 0. The van der Waals surface area contributed by atoms with E-state index in [9.17, 15) is 4.57 Å². The minimum atomic E-state index is -2.15. The molecule has 0 aromatic heterocycles. The van der Waals surface area contributed by atoms with Gasteiger partial charge in [-0.15, -0.1) is 0 Å². The maximum atomic E-state index is 10.3. The average Bonchev–Trinajstić information content (AvgIpc) is 2.07. The van der Waals surface area contributed by atoms with E-state index >= 15 is 0 Å². The molecule has 6 heteroatoms. The lowest BCUT2D eigenvalue weighted by Gasteiger charge is -1.77. The third-order valence-electron chi connectivity index (χ3n) is 0.977. The molecule has 0 fully saturated rings. The fourth-order valence-electron chi connectivity index (χ4n) is 0.556. The van der Waals surface area contributed by atoms with Crippen molar-refractivity contribution in [3.8, 4) is 0 Å². The number of benzene rings is 1. The lowest BCUT2D eigenvalue weighted by atomic mass is 10.4. The van der Waals surface area contributed by atoms with Crippen LogP contribution in [0.4, 0.5) is 0 Å². The molecule has 0 aliphatic heterocycles. The second-order valence-corrected chi connectivity index (χ2v) is 2.94. The van der Waals surface area contributed by atoms with Crippen molar-refractivity contribution in [1.29, 1.82) is 0 Å². The van der Waals surface area contributed by atoms with E-state index in [4.69, 9.17) is 14.4 Å². The Balaban J connectivity index is 0.000000354. The molecule has 1 aromatic carbocycles. The molecule has 2 N–H and O–H groups in total. The molecule has 0 radical (unpaired) electrons. The summed E-state index contributed by atoms with van der Waals surface area (Å²) < 4.78 is 18.9. The van der Waals surface area contributed by atoms with Gasteiger partial charge in [0.25, 0.3) is 0 Å². The Labute approximate surface area is 72.0 Å². The van der Waals surface area contributed by atoms with Crippen LogP contribution in [0.1, 0.15) is 0 Å². The van der Waals surface area contributed by atoms with Gasteiger partial charge in [-0.1, -0.05) is 18.2 Å².